The predicted octanol–water partition coefficient (Wildman–Crippen LogP) is 0.849. The van der Waals surface area contributed by atoms with E-state index < -0.39 is 17.7 Å². The Bertz CT molecular complexity index is 334. The van der Waals surface area contributed by atoms with Crippen molar-refractivity contribution in [3.8, 4) is 0 Å². The maximum atomic E-state index is 12.4. The number of benzene rings is 1. The summed E-state index contributed by atoms with van der Waals surface area (Å²) >= 11 is 0. The Hall–Kier alpha value is -1.91. The molecular formula is C8H6FNO3. The number of amides is 1. The Labute approximate surface area is 73.0 Å². The minimum atomic E-state index is -1.58. The molecule has 4 nitrogen and oxygen atoms in total. The standard InChI is InChI=1S/C8H6FNO3/c9-5-1-3-6(4-2-5)10-7(11)8(12)13/h1-4H,(H,10,11)(H,12,13). The van der Waals surface area contributed by atoms with E-state index in [1.165, 1.54) is 12.1 Å². The number of aliphatic carboxylic acids is 1. The van der Waals surface area contributed by atoms with Crippen LogP contribution in [0.2, 0.25) is 0 Å². The second kappa shape index (κ2) is 3.66. The van der Waals surface area contributed by atoms with Crippen LogP contribution in [0.1, 0.15) is 0 Å². The van der Waals surface area contributed by atoms with Crippen molar-refractivity contribution >= 4 is 17.6 Å². The molecule has 0 heterocycles. The highest BCUT2D eigenvalue weighted by Crippen LogP contribution is 2.07. The van der Waals surface area contributed by atoms with Crippen LogP contribution >= 0.6 is 0 Å². The van der Waals surface area contributed by atoms with Gasteiger partial charge in [-0.2, -0.15) is 0 Å². The predicted molar refractivity (Wildman–Crippen MR) is 42.7 cm³/mol. The number of carbonyl (C=O) groups is 2. The molecule has 0 unspecified atom stereocenters. The highest BCUT2D eigenvalue weighted by molar-refractivity contribution is 6.36. The molecule has 68 valence electrons. The molecule has 1 aromatic carbocycles. The van der Waals surface area contributed by atoms with Gasteiger partial charge < -0.3 is 10.4 Å². The van der Waals surface area contributed by atoms with Crippen LogP contribution in [0.3, 0.4) is 0 Å². The molecule has 13 heavy (non-hydrogen) atoms. The number of nitrogens with one attached hydrogen (secondary N) is 1. The topological polar surface area (TPSA) is 66.4 Å². The van der Waals surface area contributed by atoms with Crippen LogP contribution in [0.15, 0.2) is 24.3 Å². The van der Waals surface area contributed by atoms with Crippen molar-refractivity contribution in [1.82, 2.24) is 0 Å². The van der Waals surface area contributed by atoms with Gasteiger partial charge >= 0.3 is 11.9 Å². The number of hydrogen-bond donors (Lipinski definition) is 2. The largest absolute Gasteiger partial charge is 0.474 e. The van der Waals surface area contributed by atoms with E-state index in [0.717, 1.165) is 12.1 Å². The molecule has 0 aliphatic rings. The van der Waals surface area contributed by atoms with Gasteiger partial charge in [-0.05, 0) is 24.3 Å². The van der Waals surface area contributed by atoms with Gasteiger partial charge in [-0.3, -0.25) is 4.79 Å². The van der Waals surface area contributed by atoms with Crippen LogP contribution in [0.5, 0.6) is 0 Å². The maximum absolute atomic E-state index is 12.4. The van der Waals surface area contributed by atoms with Crippen LogP contribution < -0.4 is 5.32 Å². The summed E-state index contributed by atoms with van der Waals surface area (Å²) in [5.41, 5.74) is 0.244. The summed E-state index contributed by atoms with van der Waals surface area (Å²) in [4.78, 5) is 20.7. The lowest BCUT2D eigenvalue weighted by Crippen LogP contribution is -2.21. The Morgan fingerprint density at radius 3 is 2.23 bits per heavy atom. The molecular weight excluding hydrogens is 177 g/mol. The summed E-state index contributed by atoms with van der Waals surface area (Å²) in [5.74, 6) is -3.18. The number of halogens is 1. The Morgan fingerprint density at radius 1 is 1.23 bits per heavy atom. The van der Waals surface area contributed by atoms with Gasteiger partial charge in [0.15, 0.2) is 0 Å². The van der Waals surface area contributed by atoms with Gasteiger partial charge in [0.1, 0.15) is 5.82 Å². The molecule has 0 saturated carbocycles. The third-order valence-corrected chi connectivity index (χ3v) is 1.30. The van der Waals surface area contributed by atoms with E-state index in [0.29, 0.717) is 0 Å². The molecule has 0 aromatic heterocycles. The second-order valence-electron chi connectivity index (χ2n) is 2.27. The zero-order valence-electron chi connectivity index (χ0n) is 6.45. The first-order chi connectivity index (χ1) is 6.09. The number of hydrogen-bond acceptors (Lipinski definition) is 2. The molecule has 5 heteroatoms. The number of carboxylic acid groups (broad SMARTS) is 1. The van der Waals surface area contributed by atoms with Gasteiger partial charge in [-0.1, -0.05) is 0 Å². The quantitative estimate of drug-likeness (QED) is 0.634. The molecule has 0 saturated heterocycles. The first-order valence-corrected chi connectivity index (χ1v) is 3.39. The maximum Gasteiger partial charge on any atom is 0.394 e. The highest BCUT2D eigenvalue weighted by Gasteiger charge is 2.10. The van der Waals surface area contributed by atoms with Crippen molar-refractivity contribution in [3.05, 3.63) is 30.1 Å². The first-order valence-electron chi connectivity index (χ1n) is 3.39. The normalized spacial score (nSPS) is 9.31. The fourth-order valence-electron chi connectivity index (χ4n) is 0.718. The third kappa shape index (κ3) is 2.55. The number of rotatable bonds is 1. The lowest BCUT2D eigenvalue weighted by molar-refractivity contribution is -0.147. The first kappa shape index (κ1) is 9.18. The van der Waals surface area contributed by atoms with E-state index in [2.05, 4.69) is 5.32 Å². The zero-order valence-corrected chi connectivity index (χ0v) is 6.45. The summed E-state index contributed by atoms with van der Waals surface area (Å²) in [5, 5.41) is 10.3. The molecule has 1 amide bonds. The van der Waals surface area contributed by atoms with E-state index in [1.807, 2.05) is 0 Å². The number of carboxylic acids is 1. The van der Waals surface area contributed by atoms with E-state index >= 15 is 0 Å². The van der Waals surface area contributed by atoms with E-state index in [4.69, 9.17) is 5.11 Å². The van der Waals surface area contributed by atoms with Gasteiger partial charge in [0.05, 0.1) is 0 Å². The van der Waals surface area contributed by atoms with Crippen LogP contribution in [-0.2, 0) is 9.59 Å². The second-order valence-corrected chi connectivity index (χ2v) is 2.27. The van der Waals surface area contributed by atoms with Crippen LogP contribution in [0.4, 0.5) is 10.1 Å². The Morgan fingerprint density at radius 2 is 1.77 bits per heavy atom. The van der Waals surface area contributed by atoms with Crippen molar-refractivity contribution in [3.63, 3.8) is 0 Å². The molecule has 1 aromatic rings. The van der Waals surface area contributed by atoms with Crippen molar-refractivity contribution in [2.75, 3.05) is 5.32 Å². The Kier molecular flexibility index (Phi) is 2.59. The molecule has 0 spiro atoms. The van der Waals surface area contributed by atoms with Gasteiger partial charge in [-0.15, -0.1) is 0 Å². The summed E-state index contributed by atoms with van der Waals surface area (Å²) in [6.07, 6.45) is 0. The molecule has 0 fully saturated rings. The summed E-state index contributed by atoms with van der Waals surface area (Å²) < 4.78 is 12.4. The fourth-order valence-corrected chi connectivity index (χ4v) is 0.718. The van der Waals surface area contributed by atoms with Gasteiger partial charge in [0.25, 0.3) is 0 Å². The molecule has 0 bridgehead atoms. The van der Waals surface area contributed by atoms with Crippen molar-refractivity contribution in [1.29, 1.82) is 0 Å². The average molecular weight is 183 g/mol. The smallest absolute Gasteiger partial charge is 0.394 e. The molecule has 0 radical (unpaired) electrons. The van der Waals surface area contributed by atoms with Gasteiger partial charge in [-0.25, -0.2) is 9.18 Å². The molecule has 0 aliphatic carbocycles. The average Bonchev–Trinajstić information content (AvgIpc) is 2.08. The lowest BCUT2D eigenvalue weighted by atomic mass is 10.3. The molecule has 0 aliphatic heterocycles. The third-order valence-electron chi connectivity index (χ3n) is 1.30. The van der Waals surface area contributed by atoms with E-state index in [9.17, 15) is 14.0 Å². The molecule has 1 rings (SSSR count). The Balaban J connectivity index is 2.70. The summed E-state index contributed by atoms with van der Waals surface area (Å²) in [6, 6.07) is 4.79. The minimum Gasteiger partial charge on any atom is -0.474 e. The lowest BCUT2D eigenvalue weighted by Gasteiger charge is -2.00. The zero-order chi connectivity index (χ0) is 9.84. The van der Waals surface area contributed by atoms with Crippen molar-refractivity contribution in [2.45, 2.75) is 0 Å². The summed E-state index contributed by atoms with van der Waals surface area (Å²) in [7, 11) is 0. The SMILES string of the molecule is O=C(O)C(=O)Nc1ccc(F)cc1. The van der Waals surface area contributed by atoms with E-state index in [-0.39, 0.29) is 5.69 Å². The monoisotopic (exact) mass is 183 g/mol. The van der Waals surface area contributed by atoms with Crippen LogP contribution in [-0.4, -0.2) is 17.0 Å². The fraction of sp³-hybridized carbons (Fsp3) is 0. The van der Waals surface area contributed by atoms with Gasteiger partial charge in [0, 0.05) is 5.69 Å². The van der Waals surface area contributed by atoms with Crippen molar-refractivity contribution in [2.24, 2.45) is 0 Å². The highest BCUT2D eigenvalue weighted by atomic mass is 19.1. The minimum absolute atomic E-state index is 0.244. The number of anilines is 1. The van der Waals surface area contributed by atoms with Crippen LogP contribution in [0, 0.1) is 5.82 Å². The number of carbonyl (C=O) groups excluding carboxylic acids is 1. The van der Waals surface area contributed by atoms with Crippen LogP contribution in [0.25, 0.3) is 0 Å². The molecule has 2 N–H and O–H groups in total. The van der Waals surface area contributed by atoms with Crippen molar-refractivity contribution < 1.29 is 19.1 Å². The summed E-state index contributed by atoms with van der Waals surface area (Å²) in [6.45, 7) is 0. The van der Waals surface area contributed by atoms with E-state index in [1.54, 1.807) is 0 Å². The molecule has 0 atom stereocenters. The van der Waals surface area contributed by atoms with Gasteiger partial charge in [0.2, 0.25) is 0 Å².